The highest BCUT2D eigenvalue weighted by Gasteiger charge is 2.30. The van der Waals surface area contributed by atoms with E-state index >= 15 is 0 Å². The van der Waals surface area contributed by atoms with Crippen LogP contribution in [-0.2, 0) is 0 Å². The molecule has 0 N–H and O–H groups in total. The van der Waals surface area contributed by atoms with E-state index in [0.717, 1.165) is 0 Å². The molecule has 0 bridgehead atoms. The van der Waals surface area contributed by atoms with Crippen LogP contribution in [0.3, 0.4) is 0 Å². The highest BCUT2D eigenvalue weighted by Crippen LogP contribution is 2.29. The summed E-state index contributed by atoms with van der Waals surface area (Å²) in [5.74, 6) is 0.715. The highest BCUT2D eigenvalue weighted by atomic mass is 32.1. The summed E-state index contributed by atoms with van der Waals surface area (Å²) < 4.78 is 0. The van der Waals surface area contributed by atoms with Gasteiger partial charge in [-0.1, -0.05) is 0 Å². The van der Waals surface area contributed by atoms with Gasteiger partial charge in [0.25, 0.3) is 0 Å². The summed E-state index contributed by atoms with van der Waals surface area (Å²) in [5, 5.41) is 3.37. The van der Waals surface area contributed by atoms with Crippen LogP contribution in [0, 0.1) is 0 Å². The monoisotopic (exact) mass is 182 g/mol. The third-order valence-corrected chi connectivity index (χ3v) is 3.38. The van der Waals surface area contributed by atoms with Gasteiger partial charge in [0.15, 0.2) is 0 Å². The van der Waals surface area contributed by atoms with Crippen molar-refractivity contribution in [1.82, 2.24) is 9.88 Å². The van der Waals surface area contributed by atoms with Crippen LogP contribution in [-0.4, -0.2) is 29.0 Å². The van der Waals surface area contributed by atoms with Crippen LogP contribution in [0.5, 0.6) is 0 Å². The van der Waals surface area contributed by atoms with Crippen molar-refractivity contribution in [3.8, 4) is 0 Å². The van der Waals surface area contributed by atoms with Crippen molar-refractivity contribution in [3.05, 3.63) is 16.6 Å². The van der Waals surface area contributed by atoms with Crippen molar-refractivity contribution >= 4 is 11.3 Å². The Morgan fingerprint density at radius 2 is 2.33 bits per heavy atom. The minimum atomic E-state index is 0.696. The Labute approximate surface area is 77.2 Å². The molecule has 2 nitrogen and oxygen atoms in total. The lowest BCUT2D eigenvalue weighted by Crippen LogP contribution is -2.48. The van der Waals surface area contributed by atoms with E-state index in [0.29, 0.717) is 12.0 Å². The molecular weight excluding hydrogens is 168 g/mol. The van der Waals surface area contributed by atoms with Crippen LogP contribution in [0.2, 0.25) is 0 Å². The first kappa shape index (κ1) is 8.20. The fourth-order valence-electron chi connectivity index (χ4n) is 1.53. The fourth-order valence-corrected chi connectivity index (χ4v) is 2.25. The van der Waals surface area contributed by atoms with Gasteiger partial charge in [0.1, 0.15) is 0 Å². The molecule has 0 amide bonds. The molecule has 1 aromatic rings. The first-order valence-corrected chi connectivity index (χ1v) is 5.29. The minimum Gasteiger partial charge on any atom is -0.299 e. The van der Waals surface area contributed by atoms with Gasteiger partial charge in [0.2, 0.25) is 0 Å². The third kappa shape index (κ3) is 1.39. The predicted molar refractivity (Wildman–Crippen MR) is 51.6 cm³/mol. The molecule has 0 saturated carbocycles. The lowest BCUT2D eigenvalue weighted by atomic mass is 9.99. The van der Waals surface area contributed by atoms with Gasteiger partial charge in [-0.25, -0.2) is 4.98 Å². The Morgan fingerprint density at radius 3 is 2.83 bits per heavy atom. The number of rotatable bonds is 2. The van der Waals surface area contributed by atoms with Crippen molar-refractivity contribution in [3.63, 3.8) is 0 Å². The maximum atomic E-state index is 4.32. The van der Waals surface area contributed by atoms with Crippen molar-refractivity contribution in [2.45, 2.75) is 25.8 Å². The third-order valence-electron chi connectivity index (χ3n) is 2.44. The molecule has 0 aromatic carbocycles. The molecule has 66 valence electrons. The second kappa shape index (κ2) is 3.15. The van der Waals surface area contributed by atoms with E-state index in [4.69, 9.17) is 0 Å². The maximum absolute atomic E-state index is 4.32. The van der Waals surface area contributed by atoms with Gasteiger partial charge in [0, 0.05) is 36.6 Å². The molecule has 1 fully saturated rings. The summed E-state index contributed by atoms with van der Waals surface area (Å²) in [4.78, 5) is 6.80. The summed E-state index contributed by atoms with van der Waals surface area (Å²) in [6.45, 7) is 6.90. The molecule has 3 heteroatoms. The molecule has 2 rings (SSSR count). The van der Waals surface area contributed by atoms with Crippen molar-refractivity contribution < 1.29 is 0 Å². The summed E-state index contributed by atoms with van der Waals surface area (Å²) in [7, 11) is 0. The summed E-state index contributed by atoms with van der Waals surface area (Å²) >= 11 is 1.78. The van der Waals surface area contributed by atoms with Crippen LogP contribution in [0.25, 0.3) is 0 Å². The number of nitrogens with zero attached hydrogens (tertiary/aromatic N) is 2. The first-order chi connectivity index (χ1) is 5.77. The average Bonchev–Trinajstić information content (AvgIpc) is 2.34. The van der Waals surface area contributed by atoms with E-state index in [1.54, 1.807) is 11.3 Å². The van der Waals surface area contributed by atoms with Gasteiger partial charge in [-0.3, -0.25) is 4.90 Å². The molecular formula is C9H14N2S. The molecule has 1 saturated heterocycles. The molecule has 0 spiro atoms. The highest BCUT2D eigenvalue weighted by molar-refractivity contribution is 7.09. The average molecular weight is 182 g/mol. The number of likely N-dealkylation sites (tertiary alicyclic amines) is 1. The fraction of sp³-hybridized carbons (Fsp3) is 0.667. The Hall–Kier alpha value is -0.410. The molecule has 1 aliphatic rings. The minimum absolute atomic E-state index is 0.696. The molecule has 12 heavy (non-hydrogen) atoms. The molecule has 0 aliphatic carbocycles. The number of aromatic nitrogens is 1. The molecule has 0 atom stereocenters. The quantitative estimate of drug-likeness (QED) is 0.695. The van der Waals surface area contributed by atoms with Gasteiger partial charge >= 0.3 is 0 Å². The molecule has 0 radical (unpaired) electrons. The Bertz CT molecular complexity index is 237. The standard InChI is InChI=1S/C9H14N2S/c1-7(2)11-5-8(6-11)9-10-3-4-12-9/h3-4,7-8H,5-6H2,1-2H3. The zero-order valence-electron chi connectivity index (χ0n) is 7.53. The van der Waals surface area contributed by atoms with Gasteiger partial charge in [-0.05, 0) is 13.8 Å². The Morgan fingerprint density at radius 1 is 1.58 bits per heavy atom. The van der Waals surface area contributed by atoms with Gasteiger partial charge < -0.3 is 0 Å². The first-order valence-electron chi connectivity index (χ1n) is 4.41. The summed E-state index contributed by atoms with van der Waals surface area (Å²) in [6, 6.07) is 0.696. The van der Waals surface area contributed by atoms with Crippen LogP contribution in [0.15, 0.2) is 11.6 Å². The zero-order chi connectivity index (χ0) is 8.55. The normalized spacial score (nSPS) is 19.9. The van der Waals surface area contributed by atoms with Crippen LogP contribution >= 0.6 is 11.3 Å². The lowest BCUT2D eigenvalue weighted by molar-refractivity contribution is 0.110. The SMILES string of the molecule is CC(C)N1CC(c2nccs2)C1. The van der Waals surface area contributed by atoms with E-state index in [9.17, 15) is 0 Å². The number of hydrogen-bond acceptors (Lipinski definition) is 3. The van der Waals surface area contributed by atoms with E-state index in [1.807, 2.05) is 6.20 Å². The Kier molecular flexibility index (Phi) is 2.15. The lowest BCUT2D eigenvalue weighted by Gasteiger charge is -2.41. The van der Waals surface area contributed by atoms with Crippen LogP contribution in [0.1, 0.15) is 24.8 Å². The van der Waals surface area contributed by atoms with Gasteiger partial charge in [-0.2, -0.15) is 0 Å². The topological polar surface area (TPSA) is 16.1 Å². The van der Waals surface area contributed by atoms with E-state index in [2.05, 4.69) is 29.1 Å². The van der Waals surface area contributed by atoms with Gasteiger partial charge in [-0.15, -0.1) is 11.3 Å². The van der Waals surface area contributed by atoms with E-state index in [-0.39, 0.29) is 0 Å². The van der Waals surface area contributed by atoms with Crippen LogP contribution < -0.4 is 0 Å². The van der Waals surface area contributed by atoms with Crippen molar-refractivity contribution in [1.29, 1.82) is 0 Å². The van der Waals surface area contributed by atoms with Crippen molar-refractivity contribution in [2.75, 3.05) is 13.1 Å². The maximum Gasteiger partial charge on any atom is 0.0981 e. The van der Waals surface area contributed by atoms with Crippen LogP contribution in [0.4, 0.5) is 0 Å². The number of thiazole rings is 1. The molecule has 2 heterocycles. The molecule has 0 unspecified atom stereocenters. The zero-order valence-corrected chi connectivity index (χ0v) is 8.34. The number of hydrogen-bond donors (Lipinski definition) is 0. The van der Waals surface area contributed by atoms with E-state index in [1.165, 1.54) is 18.1 Å². The Balaban J connectivity index is 1.90. The van der Waals surface area contributed by atoms with E-state index < -0.39 is 0 Å². The summed E-state index contributed by atoms with van der Waals surface area (Å²) in [5.41, 5.74) is 0. The summed E-state index contributed by atoms with van der Waals surface area (Å²) in [6.07, 6.45) is 1.90. The largest absolute Gasteiger partial charge is 0.299 e. The smallest absolute Gasteiger partial charge is 0.0981 e. The molecule has 1 aliphatic heterocycles. The van der Waals surface area contributed by atoms with Crippen molar-refractivity contribution in [2.24, 2.45) is 0 Å². The molecule has 1 aromatic heterocycles. The second-order valence-corrected chi connectivity index (χ2v) is 4.54. The van der Waals surface area contributed by atoms with Gasteiger partial charge in [0.05, 0.1) is 5.01 Å². The second-order valence-electron chi connectivity index (χ2n) is 3.61. The predicted octanol–water partition coefficient (Wildman–Crippen LogP) is 1.95.